The highest BCUT2D eigenvalue weighted by Gasteiger charge is 2.20. The number of benzene rings is 1. The van der Waals surface area contributed by atoms with Crippen molar-refractivity contribution in [2.24, 2.45) is 5.92 Å². The van der Waals surface area contributed by atoms with Gasteiger partial charge in [-0.2, -0.15) is 0 Å². The first kappa shape index (κ1) is 15.9. The van der Waals surface area contributed by atoms with E-state index in [1.807, 2.05) is 38.1 Å². The fourth-order valence-corrected chi connectivity index (χ4v) is 2.67. The molecular formula is C19H24N2O2. The zero-order chi connectivity index (χ0) is 16.2. The molecule has 2 aromatic rings. The zero-order valence-corrected chi connectivity index (χ0v) is 13.9. The summed E-state index contributed by atoms with van der Waals surface area (Å²) in [4.78, 5) is 17.0. The van der Waals surface area contributed by atoms with E-state index in [9.17, 15) is 4.79 Å². The maximum absolute atomic E-state index is 12.5. The van der Waals surface area contributed by atoms with Crippen molar-refractivity contribution in [3.8, 4) is 0 Å². The summed E-state index contributed by atoms with van der Waals surface area (Å²) in [5, 5.41) is 3.91. The summed E-state index contributed by atoms with van der Waals surface area (Å²) in [5.74, 6) is 0.757. The van der Waals surface area contributed by atoms with Crippen LogP contribution in [0, 0.1) is 19.8 Å². The van der Waals surface area contributed by atoms with Gasteiger partial charge in [-0.3, -0.25) is 9.78 Å². The molecule has 0 bridgehead atoms. The largest absolute Gasteiger partial charge is 0.381 e. The SMILES string of the molecule is Cc1ccc2nc(C)cc(C(=O)NCCCOCC3CC3)c2c1. The number of hydrogen-bond acceptors (Lipinski definition) is 3. The molecule has 0 atom stereocenters. The Morgan fingerprint density at radius 1 is 1.30 bits per heavy atom. The predicted molar refractivity (Wildman–Crippen MR) is 91.7 cm³/mol. The van der Waals surface area contributed by atoms with Gasteiger partial charge < -0.3 is 10.1 Å². The van der Waals surface area contributed by atoms with E-state index < -0.39 is 0 Å². The van der Waals surface area contributed by atoms with E-state index in [1.165, 1.54) is 12.8 Å². The summed E-state index contributed by atoms with van der Waals surface area (Å²) >= 11 is 0. The quantitative estimate of drug-likeness (QED) is 0.797. The van der Waals surface area contributed by atoms with Gasteiger partial charge in [0.05, 0.1) is 11.1 Å². The molecule has 3 rings (SSSR count). The van der Waals surface area contributed by atoms with Gasteiger partial charge >= 0.3 is 0 Å². The van der Waals surface area contributed by atoms with Crippen molar-refractivity contribution in [3.05, 3.63) is 41.1 Å². The molecule has 1 heterocycles. The Morgan fingerprint density at radius 3 is 2.91 bits per heavy atom. The monoisotopic (exact) mass is 312 g/mol. The Bertz CT molecular complexity index is 708. The van der Waals surface area contributed by atoms with Crippen molar-refractivity contribution in [1.82, 2.24) is 10.3 Å². The van der Waals surface area contributed by atoms with Crippen LogP contribution in [0.15, 0.2) is 24.3 Å². The average Bonchev–Trinajstić information content (AvgIpc) is 3.34. The first-order valence-corrected chi connectivity index (χ1v) is 8.37. The lowest BCUT2D eigenvalue weighted by atomic mass is 10.0. The third-order valence-corrected chi connectivity index (χ3v) is 4.14. The first-order chi connectivity index (χ1) is 11.1. The second-order valence-electron chi connectivity index (χ2n) is 6.46. The third kappa shape index (κ3) is 4.29. The van der Waals surface area contributed by atoms with Crippen LogP contribution in [0.3, 0.4) is 0 Å². The van der Waals surface area contributed by atoms with Gasteiger partial charge in [0, 0.05) is 30.8 Å². The van der Waals surface area contributed by atoms with E-state index >= 15 is 0 Å². The van der Waals surface area contributed by atoms with Crippen LogP contribution in [0.2, 0.25) is 0 Å². The molecule has 1 aromatic carbocycles. The fraction of sp³-hybridized carbons (Fsp3) is 0.474. The molecule has 1 fully saturated rings. The minimum atomic E-state index is -0.0340. The summed E-state index contributed by atoms with van der Waals surface area (Å²) in [6.45, 7) is 6.17. The van der Waals surface area contributed by atoms with Gasteiger partial charge in [-0.1, -0.05) is 11.6 Å². The molecule has 0 saturated heterocycles. The van der Waals surface area contributed by atoms with Crippen molar-refractivity contribution in [3.63, 3.8) is 0 Å². The Hall–Kier alpha value is -1.94. The highest BCUT2D eigenvalue weighted by Crippen LogP contribution is 2.28. The number of carbonyl (C=O) groups excluding carboxylic acids is 1. The molecule has 4 heteroatoms. The Labute approximate surface area is 137 Å². The zero-order valence-electron chi connectivity index (χ0n) is 13.9. The number of nitrogens with one attached hydrogen (secondary N) is 1. The second kappa shape index (κ2) is 7.09. The van der Waals surface area contributed by atoms with Crippen molar-refractivity contribution in [2.75, 3.05) is 19.8 Å². The Balaban J connectivity index is 1.59. The van der Waals surface area contributed by atoms with E-state index in [4.69, 9.17) is 4.74 Å². The maximum atomic E-state index is 12.5. The minimum Gasteiger partial charge on any atom is -0.381 e. The molecule has 0 unspecified atom stereocenters. The van der Waals surface area contributed by atoms with Crippen LogP contribution in [-0.4, -0.2) is 30.6 Å². The van der Waals surface area contributed by atoms with Crippen LogP contribution in [0.25, 0.3) is 10.9 Å². The standard InChI is InChI=1S/C19H24N2O2/c1-13-4-7-18-16(10-13)17(11-14(2)21-18)19(22)20-8-3-9-23-12-15-5-6-15/h4,7,10-11,15H,3,5-6,8-9,12H2,1-2H3,(H,20,22). The summed E-state index contributed by atoms with van der Waals surface area (Å²) in [6.07, 6.45) is 3.47. The number of aryl methyl sites for hydroxylation is 2. The van der Waals surface area contributed by atoms with Gasteiger partial charge in [0.15, 0.2) is 0 Å². The lowest BCUT2D eigenvalue weighted by Crippen LogP contribution is -2.25. The number of fused-ring (bicyclic) bond motifs is 1. The molecule has 0 spiro atoms. The Morgan fingerprint density at radius 2 is 2.13 bits per heavy atom. The normalized spacial score (nSPS) is 14.2. The number of carbonyl (C=O) groups is 1. The number of rotatable bonds is 7. The number of amides is 1. The van der Waals surface area contributed by atoms with E-state index in [1.54, 1.807) is 0 Å². The van der Waals surface area contributed by atoms with E-state index in [2.05, 4.69) is 10.3 Å². The number of ether oxygens (including phenoxy) is 1. The number of aromatic nitrogens is 1. The second-order valence-corrected chi connectivity index (χ2v) is 6.46. The van der Waals surface area contributed by atoms with E-state index in [-0.39, 0.29) is 5.91 Å². The van der Waals surface area contributed by atoms with Gasteiger partial charge in [-0.15, -0.1) is 0 Å². The molecule has 1 amide bonds. The average molecular weight is 312 g/mol. The highest BCUT2D eigenvalue weighted by atomic mass is 16.5. The summed E-state index contributed by atoms with van der Waals surface area (Å²) in [5.41, 5.74) is 3.56. The summed E-state index contributed by atoms with van der Waals surface area (Å²) < 4.78 is 5.59. The summed E-state index contributed by atoms with van der Waals surface area (Å²) in [6, 6.07) is 7.88. The van der Waals surface area contributed by atoms with Crippen LogP contribution in [0.4, 0.5) is 0 Å². The van der Waals surface area contributed by atoms with Gasteiger partial charge in [0.1, 0.15) is 0 Å². The van der Waals surface area contributed by atoms with Crippen LogP contribution in [0.1, 0.15) is 40.9 Å². The molecule has 1 saturated carbocycles. The van der Waals surface area contributed by atoms with Crippen LogP contribution in [0.5, 0.6) is 0 Å². The lowest BCUT2D eigenvalue weighted by Gasteiger charge is -2.10. The number of nitrogens with zero attached hydrogens (tertiary/aromatic N) is 1. The maximum Gasteiger partial charge on any atom is 0.252 e. The lowest BCUT2D eigenvalue weighted by molar-refractivity contribution is 0.0939. The molecule has 1 N–H and O–H groups in total. The van der Waals surface area contributed by atoms with Gasteiger partial charge in [0.25, 0.3) is 5.91 Å². The summed E-state index contributed by atoms with van der Waals surface area (Å²) in [7, 11) is 0. The molecular weight excluding hydrogens is 288 g/mol. The van der Waals surface area contributed by atoms with Gasteiger partial charge in [-0.25, -0.2) is 0 Å². The molecule has 1 aromatic heterocycles. The molecule has 1 aliphatic rings. The van der Waals surface area contributed by atoms with Crippen LogP contribution >= 0.6 is 0 Å². The van der Waals surface area contributed by atoms with E-state index in [0.717, 1.165) is 41.1 Å². The van der Waals surface area contributed by atoms with Gasteiger partial charge in [-0.05, 0) is 57.2 Å². The number of hydrogen-bond donors (Lipinski definition) is 1. The van der Waals surface area contributed by atoms with Crippen molar-refractivity contribution in [1.29, 1.82) is 0 Å². The van der Waals surface area contributed by atoms with E-state index in [0.29, 0.717) is 18.7 Å². The number of pyridine rings is 1. The smallest absolute Gasteiger partial charge is 0.252 e. The molecule has 0 radical (unpaired) electrons. The Kier molecular flexibility index (Phi) is 4.91. The fourth-order valence-electron chi connectivity index (χ4n) is 2.67. The predicted octanol–water partition coefficient (Wildman–Crippen LogP) is 3.40. The first-order valence-electron chi connectivity index (χ1n) is 8.37. The van der Waals surface area contributed by atoms with Crippen LogP contribution in [-0.2, 0) is 4.74 Å². The van der Waals surface area contributed by atoms with Crippen molar-refractivity contribution in [2.45, 2.75) is 33.1 Å². The van der Waals surface area contributed by atoms with Gasteiger partial charge in [0.2, 0.25) is 0 Å². The van der Waals surface area contributed by atoms with Crippen molar-refractivity contribution < 1.29 is 9.53 Å². The molecule has 122 valence electrons. The minimum absolute atomic E-state index is 0.0340. The molecule has 23 heavy (non-hydrogen) atoms. The van der Waals surface area contributed by atoms with Crippen molar-refractivity contribution >= 4 is 16.8 Å². The molecule has 4 nitrogen and oxygen atoms in total. The third-order valence-electron chi connectivity index (χ3n) is 4.14. The topological polar surface area (TPSA) is 51.2 Å². The molecule has 1 aliphatic carbocycles. The highest BCUT2D eigenvalue weighted by molar-refractivity contribution is 6.06. The van der Waals surface area contributed by atoms with Crippen LogP contribution < -0.4 is 5.32 Å². The molecule has 0 aliphatic heterocycles.